The van der Waals surface area contributed by atoms with Crippen LogP contribution in [0.25, 0.3) is 11.0 Å². The molecule has 25 heavy (non-hydrogen) atoms. The molecule has 3 aromatic rings. The van der Waals surface area contributed by atoms with Crippen LogP contribution >= 0.6 is 11.6 Å². The van der Waals surface area contributed by atoms with Crippen molar-refractivity contribution in [2.45, 2.75) is 31.8 Å². The van der Waals surface area contributed by atoms with E-state index in [1.807, 2.05) is 36.4 Å². The summed E-state index contributed by atoms with van der Waals surface area (Å²) >= 11 is 6.17. The van der Waals surface area contributed by atoms with Gasteiger partial charge >= 0.3 is 0 Å². The van der Waals surface area contributed by atoms with Crippen molar-refractivity contribution in [1.29, 1.82) is 0 Å². The Morgan fingerprint density at radius 3 is 2.84 bits per heavy atom. The van der Waals surface area contributed by atoms with E-state index >= 15 is 0 Å². The van der Waals surface area contributed by atoms with Gasteiger partial charge in [-0.25, -0.2) is 4.98 Å². The van der Waals surface area contributed by atoms with Crippen molar-refractivity contribution in [1.82, 2.24) is 9.55 Å². The zero-order valence-electron chi connectivity index (χ0n) is 14.1. The Morgan fingerprint density at radius 1 is 1.12 bits per heavy atom. The molecule has 0 amide bonds. The zero-order chi connectivity index (χ0) is 17.2. The monoisotopic (exact) mass is 355 g/mol. The third-order valence-electron chi connectivity index (χ3n) is 4.96. The molecule has 1 aromatic heterocycles. The van der Waals surface area contributed by atoms with E-state index in [1.54, 1.807) is 0 Å². The van der Waals surface area contributed by atoms with E-state index in [-0.39, 0.29) is 12.6 Å². The van der Waals surface area contributed by atoms with E-state index in [4.69, 9.17) is 16.6 Å². The maximum absolute atomic E-state index is 9.82. The van der Waals surface area contributed by atoms with Crippen molar-refractivity contribution in [3.63, 3.8) is 0 Å². The van der Waals surface area contributed by atoms with Crippen molar-refractivity contribution in [3.8, 4) is 0 Å². The molecule has 0 spiro atoms. The number of fused-ring (bicyclic) bond motifs is 1. The van der Waals surface area contributed by atoms with E-state index < -0.39 is 0 Å². The number of imidazole rings is 1. The highest BCUT2D eigenvalue weighted by Gasteiger charge is 2.26. The molecular formula is C20H22ClN3O. The molecule has 2 aromatic carbocycles. The van der Waals surface area contributed by atoms with Crippen LogP contribution in [0.4, 0.5) is 5.95 Å². The standard InChI is InChI=1S/C20H22ClN3O/c21-16-7-5-6-15(12-16)13-24-19-10-2-1-9-18(19)22-20(24)23-11-4-3-8-17(23)14-25/h1-2,5-7,9-10,12,17,25H,3-4,8,11,13-14H2. The highest BCUT2D eigenvalue weighted by molar-refractivity contribution is 6.30. The van der Waals surface area contributed by atoms with E-state index in [2.05, 4.69) is 21.6 Å². The van der Waals surface area contributed by atoms with Crippen molar-refractivity contribution in [2.24, 2.45) is 0 Å². The minimum Gasteiger partial charge on any atom is -0.394 e. The van der Waals surface area contributed by atoms with E-state index in [1.165, 1.54) is 0 Å². The number of hydrogen-bond acceptors (Lipinski definition) is 3. The van der Waals surface area contributed by atoms with Gasteiger partial charge in [-0.1, -0.05) is 35.9 Å². The predicted octanol–water partition coefficient (Wildman–Crippen LogP) is 4.09. The molecule has 1 N–H and O–H groups in total. The number of hydrogen-bond donors (Lipinski definition) is 1. The third kappa shape index (κ3) is 3.24. The minimum atomic E-state index is 0.142. The molecule has 0 radical (unpaired) electrons. The fourth-order valence-corrected chi connectivity index (χ4v) is 3.92. The zero-order valence-corrected chi connectivity index (χ0v) is 14.9. The van der Waals surface area contributed by atoms with Gasteiger partial charge in [0.25, 0.3) is 0 Å². The molecule has 1 aliphatic rings. The molecule has 4 nitrogen and oxygen atoms in total. The summed E-state index contributed by atoms with van der Waals surface area (Å²) in [6, 6.07) is 16.3. The van der Waals surface area contributed by atoms with Crippen LogP contribution in [0.1, 0.15) is 24.8 Å². The van der Waals surface area contributed by atoms with Crippen molar-refractivity contribution < 1.29 is 5.11 Å². The van der Waals surface area contributed by atoms with Crippen molar-refractivity contribution in [2.75, 3.05) is 18.1 Å². The van der Waals surface area contributed by atoms with Crippen LogP contribution in [0.3, 0.4) is 0 Å². The van der Waals surface area contributed by atoms with Crippen molar-refractivity contribution >= 4 is 28.6 Å². The first-order valence-electron chi connectivity index (χ1n) is 8.83. The molecule has 4 rings (SSSR count). The molecule has 1 atom stereocenters. The second-order valence-electron chi connectivity index (χ2n) is 6.64. The van der Waals surface area contributed by atoms with Crippen LogP contribution in [0.5, 0.6) is 0 Å². The summed E-state index contributed by atoms with van der Waals surface area (Å²) in [5.41, 5.74) is 3.25. The lowest BCUT2D eigenvalue weighted by atomic mass is 10.0. The molecule has 1 fully saturated rings. The molecule has 130 valence electrons. The Hall–Kier alpha value is -2.04. The molecule has 2 heterocycles. The van der Waals surface area contributed by atoms with Crippen LogP contribution < -0.4 is 4.90 Å². The Kier molecular flexibility index (Phi) is 4.64. The Morgan fingerprint density at radius 2 is 2.00 bits per heavy atom. The number of nitrogens with zero attached hydrogens (tertiary/aromatic N) is 3. The van der Waals surface area contributed by atoms with Crippen molar-refractivity contribution in [3.05, 3.63) is 59.1 Å². The van der Waals surface area contributed by atoms with E-state index in [0.29, 0.717) is 6.54 Å². The van der Waals surface area contributed by atoms with Gasteiger partial charge in [-0.2, -0.15) is 0 Å². The normalized spacial score (nSPS) is 18.0. The molecule has 0 aliphatic carbocycles. The number of benzene rings is 2. The van der Waals surface area contributed by atoms with Gasteiger partial charge in [-0.05, 0) is 49.1 Å². The number of para-hydroxylation sites is 2. The fraction of sp³-hybridized carbons (Fsp3) is 0.350. The predicted molar refractivity (Wildman–Crippen MR) is 102 cm³/mol. The molecule has 0 bridgehead atoms. The maximum Gasteiger partial charge on any atom is 0.207 e. The molecular weight excluding hydrogens is 334 g/mol. The summed E-state index contributed by atoms with van der Waals surface area (Å²) in [6.07, 6.45) is 3.31. The summed E-state index contributed by atoms with van der Waals surface area (Å²) < 4.78 is 2.25. The van der Waals surface area contributed by atoms with Gasteiger partial charge in [0.15, 0.2) is 0 Å². The summed E-state index contributed by atoms with van der Waals surface area (Å²) in [7, 11) is 0. The van der Waals surface area contributed by atoms with Crippen LogP contribution in [-0.2, 0) is 6.54 Å². The van der Waals surface area contributed by atoms with Gasteiger partial charge in [0, 0.05) is 11.6 Å². The average Bonchev–Trinajstić information content (AvgIpc) is 3.00. The maximum atomic E-state index is 9.82. The summed E-state index contributed by atoms with van der Waals surface area (Å²) in [4.78, 5) is 7.17. The van der Waals surface area contributed by atoms with Crippen LogP contribution in [-0.4, -0.2) is 33.9 Å². The number of aromatic nitrogens is 2. The summed E-state index contributed by atoms with van der Waals surface area (Å²) in [5, 5.41) is 10.6. The van der Waals surface area contributed by atoms with Gasteiger partial charge in [-0.15, -0.1) is 0 Å². The SMILES string of the molecule is OCC1CCCCN1c1nc2ccccc2n1Cc1cccc(Cl)c1. The number of rotatable bonds is 4. The van der Waals surface area contributed by atoms with Gasteiger partial charge in [0.2, 0.25) is 5.95 Å². The van der Waals surface area contributed by atoms with Gasteiger partial charge in [0.1, 0.15) is 0 Å². The molecule has 1 saturated heterocycles. The number of piperidine rings is 1. The Balaban J connectivity index is 1.80. The first kappa shape index (κ1) is 16.4. The number of aliphatic hydroxyl groups excluding tert-OH is 1. The van der Waals surface area contributed by atoms with Gasteiger partial charge in [-0.3, -0.25) is 0 Å². The molecule has 1 aliphatic heterocycles. The quantitative estimate of drug-likeness (QED) is 0.766. The highest BCUT2D eigenvalue weighted by Crippen LogP contribution is 2.29. The molecule has 5 heteroatoms. The molecule has 0 saturated carbocycles. The fourth-order valence-electron chi connectivity index (χ4n) is 3.71. The summed E-state index contributed by atoms with van der Waals surface area (Å²) in [5.74, 6) is 0.944. The van der Waals surface area contributed by atoms with Crippen LogP contribution in [0.2, 0.25) is 5.02 Å². The first-order chi connectivity index (χ1) is 12.3. The molecule has 1 unspecified atom stereocenters. The number of halogens is 1. The third-order valence-corrected chi connectivity index (χ3v) is 5.19. The second-order valence-corrected chi connectivity index (χ2v) is 7.08. The Labute approximate surface area is 152 Å². The van der Waals surface area contributed by atoms with Crippen LogP contribution in [0, 0.1) is 0 Å². The van der Waals surface area contributed by atoms with Gasteiger partial charge < -0.3 is 14.6 Å². The topological polar surface area (TPSA) is 41.3 Å². The largest absolute Gasteiger partial charge is 0.394 e. The lowest BCUT2D eigenvalue weighted by Crippen LogP contribution is -2.43. The second kappa shape index (κ2) is 7.06. The lowest BCUT2D eigenvalue weighted by Gasteiger charge is -2.35. The highest BCUT2D eigenvalue weighted by atomic mass is 35.5. The first-order valence-corrected chi connectivity index (χ1v) is 9.21. The lowest BCUT2D eigenvalue weighted by molar-refractivity contribution is 0.238. The van der Waals surface area contributed by atoms with E-state index in [9.17, 15) is 5.11 Å². The van der Waals surface area contributed by atoms with Gasteiger partial charge in [0.05, 0.1) is 30.2 Å². The van der Waals surface area contributed by atoms with Crippen LogP contribution in [0.15, 0.2) is 48.5 Å². The minimum absolute atomic E-state index is 0.142. The average molecular weight is 356 g/mol. The number of aliphatic hydroxyl groups is 1. The Bertz CT molecular complexity index is 876. The smallest absolute Gasteiger partial charge is 0.207 e. The number of anilines is 1. The van der Waals surface area contributed by atoms with E-state index in [0.717, 1.165) is 53.4 Å². The summed E-state index contributed by atoms with van der Waals surface area (Å²) in [6.45, 7) is 1.82.